The molecule has 1 heterocycles. The van der Waals surface area contributed by atoms with Gasteiger partial charge in [0.25, 0.3) is 0 Å². The minimum atomic E-state index is -0.325. The fourth-order valence-electron chi connectivity index (χ4n) is 1.55. The average molecular weight is 199 g/mol. The molecule has 0 aliphatic carbocycles. The number of imide groups is 1. The molecule has 5 nitrogen and oxygen atoms in total. The molecular formula is C9H17N3O2. The van der Waals surface area contributed by atoms with Gasteiger partial charge in [0.15, 0.2) is 0 Å². The number of carbonyl (C=O) groups excluding carboxylic acids is 2. The summed E-state index contributed by atoms with van der Waals surface area (Å²) in [6.45, 7) is 3.56. The third-order valence-electron chi connectivity index (χ3n) is 2.33. The summed E-state index contributed by atoms with van der Waals surface area (Å²) in [5.74, 6) is -0.183. The summed E-state index contributed by atoms with van der Waals surface area (Å²) in [6, 6.07) is -0.325. The van der Waals surface area contributed by atoms with Gasteiger partial charge in [0.2, 0.25) is 11.8 Å². The molecule has 0 bridgehead atoms. The first-order valence-corrected chi connectivity index (χ1v) is 4.98. The summed E-state index contributed by atoms with van der Waals surface area (Å²) in [5.41, 5.74) is 5.33. The Bertz CT molecular complexity index is 230. The Hall–Kier alpha value is -0.940. The first kappa shape index (κ1) is 11.1. The van der Waals surface area contributed by atoms with Crippen LogP contribution in [-0.2, 0) is 9.59 Å². The van der Waals surface area contributed by atoms with Crippen molar-refractivity contribution in [3.05, 3.63) is 0 Å². The fraction of sp³-hybridized carbons (Fsp3) is 0.778. The third-order valence-corrected chi connectivity index (χ3v) is 2.33. The van der Waals surface area contributed by atoms with Crippen LogP contribution in [0.2, 0.25) is 0 Å². The largest absolute Gasteiger partial charge is 0.330 e. The molecule has 1 aliphatic rings. The van der Waals surface area contributed by atoms with Crippen molar-refractivity contribution in [1.82, 2.24) is 10.2 Å². The van der Waals surface area contributed by atoms with Crippen molar-refractivity contribution in [3.8, 4) is 0 Å². The first-order valence-electron chi connectivity index (χ1n) is 4.98. The van der Waals surface area contributed by atoms with Crippen molar-refractivity contribution in [2.75, 3.05) is 19.6 Å². The van der Waals surface area contributed by atoms with Gasteiger partial charge in [-0.2, -0.15) is 0 Å². The van der Waals surface area contributed by atoms with Crippen LogP contribution in [0.1, 0.15) is 19.8 Å². The number of likely N-dealkylation sites (N-methyl/N-ethyl adjacent to an activating group) is 1. The Morgan fingerprint density at radius 3 is 2.79 bits per heavy atom. The number of rotatable bonds is 5. The third kappa shape index (κ3) is 2.30. The first-order chi connectivity index (χ1) is 6.70. The zero-order chi connectivity index (χ0) is 10.6. The van der Waals surface area contributed by atoms with Crippen LogP contribution in [0.4, 0.5) is 0 Å². The van der Waals surface area contributed by atoms with Crippen molar-refractivity contribution in [2.45, 2.75) is 25.8 Å². The molecule has 0 radical (unpaired) electrons. The number of hydrogen-bond acceptors (Lipinski definition) is 4. The van der Waals surface area contributed by atoms with Gasteiger partial charge in [0.1, 0.15) is 0 Å². The van der Waals surface area contributed by atoms with Crippen LogP contribution in [0.5, 0.6) is 0 Å². The van der Waals surface area contributed by atoms with E-state index in [1.54, 1.807) is 6.92 Å². The van der Waals surface area contributed by atoms with E-state index in [9.17, 15) is 9.59 Å². The molecule has 0 saturated carbocycles. The minimum absolute atomic E-state index is 0.0808. The van der Waals surface area contributed by atoms with Crippen LogP contribution in [0, 0.1) is 0 Å². The number of carbonyl (C=O) groups is 2. The predicted molar refractivity (Wildman–Crippen MR) is 52.5 cm³/mol. The maximum absolute atomic E-state index is 11.6. The smallest absolute Gasteiger partial charge is 0.246 e. The van der Waals surface area contributed by atoms with Crippen LogP contribution in [-0.4, -0.2) is 42.4 Å². The molecule has 2 amide bonds. The highest BCUT2D eigenvalue weighted by Crippen LogP contribution is 2.11. The molecular weight excluding hydrogens is 182 g/mol. The second-order valence-electron chi connectivity index (χ2n) is 3.33. The van der Waals surface area contributed by atoms with Crippen LogP contribution in [0.25, 0.3) is 0 Å². The zero-order valence-electron chi connectivity index (χ0n) is 8.45. The van der Waals surface area contributed by atoms with Gasteiger partial charge in [-0.3, -0.25) is 14.5 Å². The fourth-order valence-corrected chi connectivity index (χ4v) is 1.55. The molecule has 1 saturated heterocycles. The lowest BCUT2D eigenvalue weighted by Gasteiger charge is -2.12. The van der Waals surface area contributed by atoms with Gasteiger partial charge in [0.05, 0.1) is 12.5 Å². The maximum atomic E-state index is 11.6. The molecule has 1 rings (SSSR count). The van der Waals surface area contributed by atoms with E-state index in [2.05, 4.69) is 5.32 Å². The van der Waals surface area contributed by atoms with Crippen LogP contribution in [0.15, 0.2) is 0 Å². The predicted octanol–water partition coefficient (Wildman–Crippen LogP) is -0.928. The Labute approximate surface area is 83.6 Å². The molecule has 0 aromatic carbocycles. The van der Waals surface area contributed by atoms with E-state index < -0.39 is 0 Å². The number of nitrogens with zero attached hydrogens (tertiary/aromatic N) is 1. The minimum Gasteiger partial charge on any atom is -0.330 e. The Kier molecular flexibility index (Phi) is 4.03. The summed E-state index contributed by atoms with van der Waals surface area (Å²) >= 11 is 0. The second kappa shape index (κ2) is 5.07. The highest BCUT2D eigenvalue weighted by atomic mass is 16.2. The number of likely N-dealkylation sites (tertiary alicyclic amines) is 1. The highest BCUT2D eigenvalue weighted by molar-refractivity contribution is 6.05. The van der Waals surface area contributed by atoms with Crippen molar-refractivity contribution in [2.24, 2.45) is 5.73 Å². The van der Waals surface area contributed by atoms with Gasteiger partial charge in [-0.05, 0) is 26.4 Å². The standard InChI is InChI=1S/C9H17N3O2/c1-2-12-8(13)6-7(9(12)14)11-5-3-4-10/h7,11H,2-6,10H2,1H3. The molecule has 14 heavy (non-hydrogen) atoms. The summed E-state index contributed by atoms with van der Waals surface area (Å²) < 4.78 is 0. The number of nitrogens with one attached hydrogen (secondary N) is 1. The average Bonchev–Trinajstić information content (AvgIpc) is 2.42. The molecule has 80 valence electrons. The highest BCUT2D eigenvalue weighted by Gasteiger charge is 2.36. The summed E-state index contributed by atoms with van der Waals surface area (Å²) in [5, 5.41) is 3.03. The van der Waals surface area contributed by atoms with Gasteiger partial charge in [-0.15, -0.1) is 0 Å². The zero-order valence-corrected chi connectivity index (χ0v) is 8.45. The number of amides is 2. The van der Waals surface area contributed by atoms with Gasteiger partial charge >= 0.3 is 0 Å². The quantitative estimate of drug-likeness (QED) is 0.443. The van der Waals surface area contributed by atoms with Gasteiger partial charge < -0.3 is 11.1 Å². The Morgan fingerprint density at radius 2 is 2.29 bits per heavy atom. The van der Waals surface area contributed by atoms with Crippen molar-refractivity contribution >= 4 is 11.8 Å². The van der Waals surface area contributed by atoms with E-state index >= 15 is 0 Å². The Morgan fingerprint density at radius 1 is 1.57 bits per heavy atom. The van der Waals surface area contributed by atoms with E-state index in [-0.39, 0.29) is 24.3 Å². The molecule has 5 heteroatoms. The lowest BCUT2D eigenvalue weighted by Crippen LogP contribution is -2.39. The molecule has 1 unspecified atom stereocenters. The summed E-state index contributed by atoms with van der Waals surface area (Å²) in [4.78, 5) is 24.1. The molecule has 0 aromatic heterocycles. The van der Waals surface area contributed by atoms with Crippen LogP contribution >= 0.6 is 0 Å². The number of hydrogen-bond donors (Lipinski definition) is 2. The van der Waals surface area contributed by atoms with Gasteiger partial charge in [0, 0.05) is 6.54 Å². The molecule has 0 spiro atoms. The topological polar surface area (TPSA) is 75.4 Å². The van der Waals surface area contributed by atoms with Crippen molar-refractivity contribution in [3.63, 3.8) is 0 Å². The molecule has 0 aromatic rings. The van der Waals surface area contributed by atoms with Gasteiger partial charge in [-0.1, -0.05) is 0 Å². The van der Waals surface area contributed by atoms with E-state index in [0.29, 0.717) is 19.6 Å². The summed E-state index contributed by atoms with van der Waals surface area (Å²) in [7, 11) is 0. The second-order valence-corrected chi connectivity index (χ2v) is 3.33. The lowest BCUT2D eigenvalue weighted by atomic mass is 10.2. The lowest BCUT2D eigenvalue weighted by molar-refractivity contribution is -0.138. The molecule has 1 fully saturated rings. The van der Waals surface area contributed by atoms with E-state index in [1.165, 1.54) is 4.90 Å². The van der Waals surface area contributed by atoms with Crippen molar-refractivity contribution < 1.29 is 9.59 Å². The van der Waals surface area contributed by atoms with Gasteiger partial charge in [-0.25, -0.2) is 0 Å². The molecule has 1 atom stereocenters. The monoisotopic (exact) mass is 199 g/mol. The normalized spacial score (nSPS) is 22.1. The molecule has 1 aliphatic heterocycles. The Balaban J connectivity index is 2.41. The van der Waals surface area contributed by atoms with E-state index in [1.807, 2.05) is 0 Å². The summed E-state index contributed by atoms with van der Waals surface area (Å²) in [6.07, 6.45) is 1.11. The number of nitrogens with two attached hydrogens (primary N) is 1. The van der Waals surface area contributed by atoms with Crippen LogP contribution in [0.3, 0.4) is 0 Å². The molecule has 3 N–H and O–H groups in total. The van der Waals surface area contributed by atoms with E-state index in [4.69, 9.17) is 5.73 Å². The SMILES string of the molecule is CCN1C(=O)CC(NCCCN)C1=O. The van der Waals surface area contributed by atoms with Crippen molar-refractivity contribution in [1.29, 1.82) is 0 Å². The maximum Gasteiger partial charge on any atom is 0.246 e. The van der Waals surface area contributed by atoms with E-state index in [0.717, 1.165) is 6.42 Å². The van der Waals surface area contributed by atoms with Crippen LogP contribution < -0.4 is 11.1 Å².